The molecule has 0 aromatic heterocycles. The SMILES string of the molecule is CCCC1CN(c2ccc(OC)cc2)C(C)CN1. The average molecular weight is 248 g/mol. The Kier molecular flexibility index (Phi) is 4.48. The Balaban J connectivity index is 2.08. The molecule has 1 aromatic rings. The molecule has 1 saturated heterocycles. The number of piperazine rings is 1. The van der Waals surface area contributed by atoms with Crippen molar-refractivity contribution in [1.29, 1.82) is 0 Å². The van der Waals surface area contributed by atoms with E-state index in [0.29, 0.717) is 12.1 Å². The second kappa shape index (κ2) is 6.10. The van der Waals surface area contributed by atoms with Crippen LogP contribution < -0.4 is 15.0 Å². The smallest absolute Gasteiger partial charge is 0.119 e. The van der Waals surface area contributed by atoms with E-state index in [1.807, 2.05) is 12.1 Å². The summed E-state index contributed by atoms with van der Waals surface area (Å²) in [6.45, 7) is 6.69. The van der Waals surface area contributed by atoms with Crippen LogP contribution in [0.2, 0.25) is 0 Å². The minimum Gasteiger partial charge on any atom is -0.497 e. The summed E-state index contributed by atoms with van der Waals surface area (Å²) in [6.07, 6.45) is 2.49. The van der Waals surface area contributed by atoms with Crippen molar-refractivity contribution < 1.29 is 4.74 Å². The van der Waals surface area contributed by atoms with E-state index in [0.717, 1.165) is 18.8 Å². The lowest BCUT2D eigenvalue weighted by Gasteiger charge is -2.40. The highest BCUT2D eigenvalue weighted by atomic mass is 16.5. The second-order valence-corrected chi connectivity index (χ2v) is 5.09. The number of methoxy groups -OCH3 is 1. The molecule has 100 valence electrons. The third-order valence-corrected chi connectivity index (χ3v) is 3.69. The third-order valence-electron chi connectivity index (χ3n) is 3.69. The van der Waals surface area contributed by atoms with Crippen LogP contribution in [0.3, 0.4) is 0 Å². The van der Waals surface area contributed by atoms with Gasteiger partial charge in [0.1, 0.15) is 5.75 Å². The van der Waals surface area contributed by atoms with Crippen molar-refractivity contribution in [3.63, 3.8) is 0 Å². The highest BCUT2D eigenvalue weighted by molar-refractivity contribution is 5.50. The van der Waals surface area contributed by atoms with E-state index in [1.54, 1.807) is 7.11 Å². The van der Waals surface area contributed by atoms with Crippen LogP contribution in [-0.2, 0) is 0 Å². The molecule has 0 spiro atoms. The number of anilines is 1. The zero-order valence-corrected chi connectivity index (χ0v) is 11.6. The quantitative estimate of drug-likeness (QED) is 0.886. The lowest BCUT2D eigenvalue weighted by molar-refractivity contribution is 0.386. The Hall–Kier alpha value is -1.22. The summed E-state index contributed by atoms with van der Waals surface area (Å²) in [5.41, 5.74) is 1.30. The first-order chi connectivity index (χ1) is 8.74. The summed E-state index contributed by atoms with van der Waals surface area (Å²) in [4.78, 5) is 2.50. The maximum absolute atomic E-state index is 5.21. The van der Waals surface area contributed by atoms with Gasteiger partial charge in [0.15, 0.2) is 0 Å². The van der Waals surface area contributed by atoms with Gasteiger partial charge in [-0.25, -0.2) is 0 Å². The maximum Gasteiger partial charge on any atom is 0.119 e. The summed E-state index contributed by atoms with van der Waals surface area (Å²) >= 11 is 0. The monoisotopic (exact) mass is 248 g/mol. The van der Waals surface area contributed by atoms with Crippen LogP contribution in [0.25, 0.3) is 0 Å². The van der Waals surface area contributed by atoms with Gasteiger partial charge in [-0.1, -0.05) is 13.3 Å². The van der Waals surface area contributed by atoms with Crippen LogP contribution >= 0.6 is 0 Å². The number of nitrogens with zero attached hydrogens (tertiary/aromatic N) is 1. The molecular formula is C15H24N2O. The van der Waals surface area contributed by atoms with Gasteiger partial charge in [-0.3, -0.25) is 0 Å². The molecule has 1 aliphatic rings. The van der Waals surface area contributed by atoms with Crippen molar-refractivity contribution >= 4 is 5.69 Å². The summed E-state index contributed by atoms with van der Waals surface area (Å²) in [6, 6.07) is 9.56. The van der Waals surface area contributed by atoms with E-state index in [9.17, 15) is 0 Å². The van der Waals surface area contributed by atoms with Gasteiger partial charge in [-0.15, -0.1) is 0 Å². The molecule has 0 amide bonds. The average Bonchev–Trinajstić information content (AvgIpc) is 2.41. The predicted octanol–water partition coefficient (Wildman–Crippen LogP) is 2.66. The highest BCUT2D eigenvalue weighted by Crippen LogP contribution is 2.23. The Morgan fingerprint density at radius 3 is 2.67 bits per heavy atom. The molecule has 2 rings (SSSR count). The van der Waals surface area contributed by atoms with Crippen molar-refractivity contribution in [2.45, 2.75) is 38.8 Å². The van der Waals surface area contributed by atoms with E-state index in [2.05, 4.69) is 36.2 Å². The third kappa shape index (κ3) is 2.96. The van der Waals surface area contributed by atoms with Crippen LogP contribution in [0.15, 0.2) is 24.3 Å². The lowest BCUT2D eigenvalue weighted by atomic mass is 10.1. The fourth-order valence-electron chi connectivity index (χ4n) is 2.60. The van der Waals surface area contributed by atoms with Gasteiger partial charge < -0.3 is 15.0 Å². The molecule has 2 atom stereocenters. The van der Waals surface area contributed by atoms with Crippen LogP contribution in [0, 0.1) is 0 Å². The number of rotatable bonds is 4. The molecule has 18 heavy (non-hydrogen) atoms. The van der Waals surface area contributed by atoms with Gasteiger partial charge in [0.05, 0.1) is 7.11 Å². The first-order valence-electron chi connectivity index (χ1n) is 6.88. The van der Waals surface area contributed by atoms with Gasteiger partial charge in [0, 0.05) is 30.9 Å². The molecule has 3 heteroatoms. The largest absolute Gasteiger partial charge is 0.497 e. The predicted molar refractivity (Wildman–Crippen MR) is 76.5 cm³/mol. The zero-order chi connectivity index (χ0) is 13.0. The molecule has 1 aromatic carbocycles. The van der Waals surface area contributed by atoms with E-state index in [-0.39, 0.29) is 0 Å². The van der Waals surface area contributed by atoms with Gasteiger partial charge in [-0.05, 0) is 37.6 Å². The molecule has 0 bridgehead atoms. The minimum atomic E-state index is 0.548. The van der Waals surface area contributed by atoms with Crippen molar-refractivity contribution in [2.24, 2.45) is 0 Å². The van der Waals surface area contributed by atoms with Gasteiger partial charge >= 0.3 is 0 Å². The molecule has 1 aliphatic heterocycles. The van der Waals surface area contributed by atoms with Gasteiger partial charge in [0.25, 0.3) is 0 Å². The Labute approximate surface area is 110 Å². The van der Waals surface area contributed by atoms with E-state index >= 15 is 0 Å². The van der Waals surface area contributed by atoms with Crippen molar-refractivity contribution in [1.82, 2.24) is 5.32 Å². The molecular weight excluding hydrogens is 224 g/mol. The molecule has 1 N–H and O–H groups in total. The Morgan fingerprint density at radius 1 is 1.33 bits per heavy atom. The number of nitrogens with one attached hydrogen (secondary N) is 1. The first kappa shape index (κ1) is 13.2. The van der Waals surface area contributed by atoms with Crippen molar-refractivity contribution in [3.05, 3.63) is 24.3 Å². The standard InChI is InChI=1S/C15H24N2O/c1-4-5-13-11-17(12(2)10-16-13)14-6-8-15(18-3)9-7-14/h6-9,12-13,16H,4-5,10-11H2,1-3H3. The Morgan fingerprint density at radius 2 is 2.06 bits per heavy atom. The number of ether oxygens (including phenoxy) is 1. The minimum absolute atomic E-state index is 0.548. The number of hydrogen-bond donors (Lipinski definition) is 1. The zero-order valence-electron chi connectivity index (χ0n) is 11.6. The van der Waals surface area contributed by atoms with Crippen LogP contribution in [0.1, 0.15) is 26.7 Å². The van der Waals surface area contributed by atoms with Gasteiger partial charge in [-0.2, -0.15) is 0 Å². The summed E-state index contributed by atoms with van der Waals surface area (Å²) in [5.74, 6) is 0.923. The summed E-state index contributed by atoms with van der Waals surface area (Å²) < 4.78 is 5.21. The second-order valence-electron chi connectivity index (χ2n) is 5.09. The number of hydrogen-bond acceptors (Lipinski definition) is 3. The summed E-state index contributed by atoms with van der Waals surface area (Å²) in [7, 11) is 1.71. The molecule has 0 radical (unpaired) electrons. The van der Waals surface area contributed by atoms with Crippen molar-refractivity contribution in [3.8, 4) is 5.75 Å². The van der Waals surface area contributed by atoms with E-state index in [4.69, 9.17) is 4.74 Å². The summed E-state index contributed by atoms with van der Waals surface area (Å²) in [5, 5.41) is 3.63. The topological polar surface area (TPSA) is 24.5 Å². The maximum atomic E-state index is 5.21. The number of benzene rings is 1. The van der Waals surface area contributed by atoms with E-state index < -0.39 is 0 Å². The molecule has 0 saturated carbocycles. The highest BCUT2D eigenvalue weighted by Gasteiger charge is 2.24. The fourth-order valence-corrected chi connectivity index (χ4v) is 2.60. The fraction of sp³-hybridized carbons (Fsp3) is 0.600. The molecule has 2 unspecified atom stereocenters. The van der Waals surface area contributed by atoms with Crippen LogP contribution in [0.5, 0.6) is 5.75 Å². The van der Waals surface area contributed by atoms with Crippen LogP contribution in [-0.4, -0.2) is 32.3 Å². The molecule has 3 nitrogen and oxygen atoms in total. The molecule has 1 fully saturated rings. The normalized spacial score (nSPS) is 24.1. The van der Waals surface area contributed by atoms with Crippen LogP contribution in [0.4, 0.5) is 5.69 Å². The molecule has 0 aliphatic carbocycles. The van der Waals surface area contributed by atoms with Gasteiger partial charge in [0.2, 0.25) is 0 Å². The molecule has 1 heterocycles. The Bertz CT molecular complexity index is 363. The van der Waals surface area contributed by atoms with Crippen molar-refractivity contribution in [2.75, 3.05) is 25.1 Å². The van der Waals surface area contributed by atoms with E-state index in [1.165, 1.54) is 18.5 Å². The lowest BCUT2D eigenvalue weighted by Crippen LogP contribution is -2.55. The first-order valence-corrected chi connectivity index (χ1v) is 6.88.